The fourth-order valence-corrected chi connectivity index (χ4v) is 4.56. The third-order valence-electron chi connectivity index (χ3n) is 4.84. The molecule has 0 bridgehead atoms. The Labute approximate surface area is 137 Å². The number of thioether (sulfide) groups is 1. The van der Waals surface area contributed by atoms with E-state index in [0.717, 1.165) is 18.8 Å². The zero-order valence-corrected chi connectivity index (χ0v) is 15.1. The summed E-state index contributed by atoms with van der Waals surface area (Å²) in [5.41, 5.74) is 0. The minimum absolute atomic E-state index is 0.0212. The summed E-state index contributed by atoms with van der Waals surface area (Å²) in [5, 5.41) is 10.1. The number of aliphatic hydroxyl groups is 1. The van der Waals surface area contributed by atoms with Gasteiger partial charge in [0.15, 0.2) is 0 Å². The Bertz CT molecular complexity index is 214. The number of hydrogen-bond acceptors (Lipinski definition) is 2. The van der Waals surface area contributed by atoms with E-state index in [1.165, 1.54) is 88.6 Å². The van der Waals surface area contributed by atoms with Crippen molar-refractivity contribution in [2.75, 3.05) is 11.5 Å². The van der Waals surface area contributed by atoms with Gasteiger partial charge < -0.3 is 5.11 Å². The van der Waals surface area contributed by atoms with E-state index < -0.39 is 0 Å². The summed E-state index contributed by atoms with van der Waals surface area (Å²) < 4.78 is 0. The van der Waals surface area contributed by atoms with Crippen LogP contribution in [0.2, 0.25) is 0 Å². The summed E-state index contributed by atoms with van der Waals surface area (Å²) in [6, 6.07) is 0. The van der Waals surface area contributed by atoms with Crippen molar-refractivity contribution in [2.24, 2.45) is 5.92 Å². The van der Waals surface area contributed by atoms with Gasteiger partial charge in [0.25, 0.3) is 0 Å². The second-order valence-corrected chi connectivity index (χ2v) is 8.14. The molecular weight excluding hydrogens is 276 g/mol. The zero-order chi connectivity index (χ0) is 15.2. The molecule has 1 fully saturated rings. The number of rotatable bonds is 13. The van der Waals surface area contributed by atoms with Gasteiger partial charge in [-0.25, -0.2) is 0 Å². The van der Waals surface area contributed by atoms with Crippen LogP contribution in [0.15, 0.2) is 0 Å². The molecule has 0 spiro atoms. The lowest BCUT2D eigenvalue weighted by Crippen LogP contribution is -2.17. The van der Waals surface area contributed by atoms with Crippen molar-refractivity contribution >= 4 is 11.8 Å². The molecule has 0 amide bonds. The van der Waals surface area contributed by atoms with Crippen molar-refractivity contribution in [3.05, 3.63) is 0 Å². The minimum atomic E-state index is -0.0212. The molecule has 1 rings (SSSR count). The average molecular weight is 315 g/mol. The fourth-order valence-electron chi connectivity index (χ4n) is 3.35. The molecule has 1 aliphatic rings. The third kappa shape index (κ3) is 11.5. The minimum Gasteiger partial charge on any atom is -0.393 e. The molecule has 1 N–H and O–H groups in total. The van der Waals surface area contributed by atoms with Gasteiger partial charge in [-0.1, -0.05) is 71.1 Å². The predicted molar refractivity (Wildman–Crippen MR) is 97.1 cm³/mol. The first-order valence-electron chi connectivity index (χ1n) is 9.58. The van der Waals surface area contributed by atoms with E-state index >= 15 is 0 Å². The molecule has 126 valence electrons. The van der Waals surface area contributed by atoms with E-state index in [9.17, 15) is 5.11 Å². The molecule has 2 heteroatoms. The predicted octanol–water partition coefficient (Wildman–Crippen LogP) is 6.19. The highest BCUT2D eigenvalue weighted by atomic mass is 32.2. The molecule has 21 heavy (non-hydrogen) atoms. The highest BCUT2D eigenvalue weighted by Gasteiger charge is 2.17. The second kappa shape index (κ2) is 13.9. The molecule has 0 aromatic heterocycles. The first kappa shape index (κ1) is 19.4. The van der Waals surface area contributed by atoms with E-state index in [4.69, 9.17) is 0 Å². The Morgan fingerprint density at radius 2 is 1.38 bits per heavy atom. The van der Waals surface area contributed by atoms with Gasteiger partial charge in [0.2, 0.25) is 0 Å². The molecule has 1 nitrogen and oxygen atoms in total. The molecule has 1 unspecified atom stereocenters. The number of aliphatic hydroxyl groups excluding tert-OH is 1. The number of unbranched alkanes of at least 4 members (excludes halogenated alkanes) is 9. The molecule has 0 aromatic carbocycles. The monoisotopic (exact) mass is 314 g/mol. The summed E-state index contributed by atoms with van der Waals surface area (Å²) in [5.74, 6) is 3.44. The van der Waals surface area contributed by atoms with Gasteiger partial charge in [-0.05, 0) is 43.1 Å². The smallest absolute Gasteiger partial charge is 0.0542 e. The first-order chi connectivity index (χ1) is 10.3. The molecular formula is C19H38OS. The van der Waals surface area contributed by atoms with Crippen molar-refractivity contribution in [3.8, 4) is 0 Å². The topological polar surface area (TPSA) is 20.2 Å². The lowest BCUT2D eigenvalue weighted by molar-refractivity contribution is 0.127. The van der Waals surface area contributed by atoms with Crippen LogP contribution in [-0.2, 0) is 0 Å². The van der Waals surface area contributed by atoms with Crippen LogP contribution < -0.4 is 0 Å². The Morgan fingerprint density at radius 1 is 0.857 bits per heavy atom. The second-order valence-electron chi connectivity index (χ2n) is 6.92. The van der Waals surface area contributed by atoms with Crippen LogP contribution in [0.5, 0.6) is 0 Å². The number of hydrogen-bond donors (Lipinski definition) is 1. The van der Waals surface area contributed by atoms with E-state index in [0.29, 0.717) is 0 Å². The molecule has 0 saturated carbocycles. The molecule has 0 aromatic rings. The largest absolute Gasteiger partial charge is 0.393 e. The maximum atomic E-state index is 10.1. The van der Waals surface area contributed by atoms with Crippen molar-refractivity contribution in [3.63, 3.8) is 0 Å². The molecule has 1 aliphatic heterocycles. The van der Waals surface area contributed by atoms with Crippen molar-refractivity contribution in [2.45, 2.75) is 103 Å². The van der Waals surface area contributed by atoms with Crippen molar-refractivity contribution < 1.29 is 5.11 Å². The van der Waals surface area contributed by atoms with Gasteiger partial charge in [-0.3, -0.25) is 0 Å². The van der Waals surface area contributed by atoms with Gasteiger partial charge in [0.05, 0.1) is 6.10 Å². The quantitative estimate of drug-likeness (QED) is 0.409. The third-order valence-corrected chi connectivity index (χ3v) is 5.89. The normalized spacial score (nSPS) is 18.0. The van der Waals surface area contributed by atoms with Crippen LogP contribution >= 0.6 is 11.8 Å². The fraction of sp³-hybridized carbons (Fsp3) is 1.00. The highest BCUT2D eigenvalue weighted by Crippen LogP contribution is 2.27. The molecule has 1 heterocycles. The van der Waals surface area contributed by atoms with Gasteiger partial charge >= 0.3 is 0 Å². The van der Waals surface area contributed by atoms with Crippen LogP contribution in [0.4, 0.5) is 0 Å². The maximum absolute atomic E-state index is 10.1. The summed E-state index contributed by atoms with van der Waals surface area (Å²) in [4.78, 5) is 0. The lowest BCUT2D eigenvalue weighted by atomic mass is 9.93. The van der Waals surface area contributed by atoms with Crippen LogP contribution in [-0.4, -0.2) is 22.7 Å². The van der Waals surface area contributed by atoms with Gasteiger partial charge in [0, 0.05) is 0 Å². The van der Waals surface area contributed by atoms with Crippen LogP contribution in [0, 0.1) is 5.92 Å². The zero-order valence-electron chi connectivity index (χ0n) is 14.3. The Morgan fingerprint density at radius 3 is 1.95 bits per heavy atom. The van der Waals surface area contributed by atoms with E-state index in [2.05, 4.69) is 18.7 Å². The van der Waals surface area contributed by atoms with Crippen LogP contribution in [0.3, 0.4) is 0 Å². The van der Waals surface area contributed by atoms with Crippen molar-refractivity contribution in [1.82, 2.24) is 0 Å². The maximum Gasteiger partial charge on any atom is 0.0542 e. The molecule has 1 atom stereocenters. The van der Waals surface area contributed by atoms with E-state index in [-0.39, 0.29) is 6.10 Å². The Kier molecular flexibility index (Phi) is 12.8. The molecule has 0 radical (unpaired) electrons. The first-order valence-corrected chi connectivity index (χ1v) is 10.7. The van der Waals surface area contributed by atoms with Crippen LogP contribution in [0.25, 0.3) is 0 Å². The van der Waals surface area contributed by atoms with E-state index in [1.807, 2.05) is 0 Å². The van der Waals surface area contributed by atoms with Gasteiger partial charge in [-0.2, -0.15) is 11.8 Å². The Balaban J connectivity index is 1.80. The summed E-state index contributed by atoms with van der Waals surface area (Å²) in [6.07, 6.45) is 18.6. The Hall–Kier alpha value is 0.310. The highest BCUT2D eigenvalue weighted by molar-refractivity contribution is 7.99. The van der Waals surface area contributed by atoms with Gasteiger partial charge in [0.1, 0.15) is 0 Å². The lowest BCUT2D eigenvalue weighted by Gasteiger charge is -2.23. The van der Waals surface area contributed by atoms with Crippen molar-refractivity contribution in [1.29, 1.82) is 0 Å². The molecule has 0 aliphatic carbocycles. The average Bonchev–Trinajstić information content (AvgIpc) is 2.50. The van der Waals surface area contributed by atoms with Gasteiger partial charge in [-0.15, -0.1) is 0 Å². The van der Waals surface area contributed by atoms with Crippen LogP contribution in [0.1, 0.15) is 96.8 Å². The molecule has 1 saturated heterocycles. The summed E-state index contributed by atoms with van der Waals surface area (Å²) >= 11 is 2.08. The summed E-state index contributed by atoms with van der Waals surface area (Å²) in [7, 11) is 0. The SMILES string of the molecule is CCCCCCCCCCCCC(O)CC1CCSCC1. The summed E-state index contributed by atoms with van der Waals surface area (Å²) in [6.45, 7) is 2.28. The van der Waals surface area contributed by atoms with E-state index in [1.54, 1.807) is 0 Å². The standard InChI is InChI=1S/C19H38OS/c1-2-3-4-5-6-7-8-9-10-11-12-19(20)17-18-13-15-21-16-14-18/h18-20H,2-17H2,1H3.